The molecule has 4 heterocycles. The number of hydrogen-bond acceptors (Lipinski definition) is 5. The van der Waals surface area contributed by atoms with Crippen LogP contribution in [0.5, 0.6) is 0 Å². The number of hydrogen-bond donors (Lipinski definition) is 3. The minimum absolute atomic E-state index is 0.0350. The zero-order chi connectivity index (χ0) is 15.6. The molecular weight excluding hydrogens is 310 g/mol. The number of carbonyl (C=O) groups excluding carboxylic acids is 1. The molecule has 1 amide bonds. The van der Waals surface area contributed by atoms with Gasteiger partial charge in [0.2, 0.25) is 0 Å². The number of amides is 1. The molecule has 0 bridgehead atoms. The summed E-state index contributed by atoms with van der Waals surface area (Å²) in [5.74, 6) is 0.934. The Balaban J connectivity index is 1.57. The Morgan fingerprint density at radius 2 is 2.39 bits per heavy atom. The minimum Gasteiger partial charge on any atom is -0.347 e. The number of rotatable bonds is 3. The second-order valence-corrected chi connectivity index (χ2v) is 6.91. The molecule has 4 rings (SSSR count). The van der Waals surface area contributed by atoms with Gasteiger partial charge in [-0.1, -0.05) is 0 Å². The highest BCUT2D eigenvalue weighted by Crippen LogP contribution is 2.30. The number of thioether (sulfide) groups is 1. The SMILES string of the molecule is O=C(N[C@@H]1CCNC1)C1=CN(c2ccnc3[nH]ccc23)CCS1. The van der Waals surface area contributed by atoms with Crippen molar-refractivity contribution in [3.8, 4) is 0 Å². The monoisotopic (exact) mass is 329 g/mol. The number of aromatic nitrogens is 2. The molecule has 23 heavy (non-hydrogen) atoms. The maximum atomic E-state index is 12.5. The molecule has 2 aliphatic rings. The van der Waals surface area contributed by atoms with Crippen LogP contribution in [0.1, 0.15) is 6.42 Å². The van der Waals surface area contributed by atoms with Crippen molar-refractivity contribution < 1.29 is 4.79 Å². The van der Waals surface area contributed by atoms with Gasteiger partial charge in [0.25, 0.3) is 5.91 Å². The number of nitrogens with zero attached hydrogens (tertiary/aromatic N) is 2. The fraction of sp³-hybridized carbons (Fsp3) is 0.375. The summed E-state index contributed by atoms with van der Waals surface area (Å²) in [6.45, 7) is 2.73. The first kappa shape index (κ1) is 14.6. The van der Waals surface area contributed by atoms with Crippen molar-refractivity contribution >= 4 is 34.4 Å². The molecule has 0 radical (unpaired) electrons. The van der Waals surface area contributed by atoms with Crippen LogP contribution in [0.3, 0.4) is 0 Å². The van der Waals surface area contributed by atoms with E-state index in [-0.39, 0.29) is 11.9 Å². The number of carbonyl (C=O) groups is 1. The Labute approximate surface area is 138 Å². The summed E-state index contributed by atoms with van der Waals surface area (Å²) in [6, 6.07) is 4.27. The van der Waals surface area contributed by atoms with Crippen LogP contribution in [0.4, 0.5) is 5.69 Å². The maximum absolute atomic E-state index is 12.5. The van der Waals surface area contributed by atoms with Gasteiger partial charge in [0, 0.05) is 48.9 Å². The highest BCUT2D eigenvalue weighted by molar-refractivity contribution is 8.04. The van der Waals surface area contributed by atoms with Crippen LogP contribution in [-0.2, 0) is 4.79 Å². The summed E-state index contributed by atoms with van der Waals surface area (Å²) in [4.78, 5) is 22.9. The third-order valence-corrected chi connectivity index (χ3v) is 5.22. The zero-order valence-electron chi connectivity index (χ0n) is 12.7. The van der Waals surface area contributed by atoms with E-state index in [9.17, 15) is 4.79 Å². The molecule has 1 fully saturated rings. The Kier molecular flexibility index (Phi) is 3.97. The van der Waals surface area contributed by atoms with E-state index in [0.29, 0.717) is 0 Å². The first-order valence-corrected chi connectivity index (χ1v) is 8.85. The van der Waals surface area contributed by atoms with Crippen LogP contribution in [0, 0.1) is 0 Å². The van der Waals surface area contributed by atoms with E-state index >= 15 is 0 Å². The van der Waals surface area contributed by atoms with Gasteiger partial charge in [0.1, 0.15) is 5.65 Å². The maximum Gasteiger partial charge on any atom is 0.259 e. The van der Waals surface area contributed by atoms with E-state index in [1.165, 1.54) is 0 Å². The topological polar surface area (TPSA) is 73.1 Å². The second-order valence-electron chi connectivity index (χ2n) is 5.77. The molecule has 3 N–H and O–H groups in total. The minimum atomic E-state index is 0.0350. The highest BCUT2D eigenvalue weighted by Gasteiger charge is 2.23. The van der Waals surface area contributed by atoms with Gasteiger partial charge in [-0.05, 0) is 25.1 Å². The van der Waals surface area contributed by atoms with E-state index in [1.807, 2.05) is 24.5 Å². The van der Waals surface area contributed by atoms with Gasteiger partial charge < -0.3 is 20.5 Å². The van der Waals surface area contributed by atoms with E-state index in [2.05, 4.69) is 25.5 Å². The predicted molar refractivity (Wildman–Crippen MR) is 93.4 cm³/mol. The number of nitrogens with one attached hydrogen (secondary N) is 3. The van der Waals surface area contributed by atoms with Crippen molar-refractivity contribution in [1.29, 1.82) is 0 Å². The molecule has 2 aromatic rings. The summed E-state index contributed by atoms with van der Waals surface area (Å²) < 4.78 is 0. The van der Waals surface area contributed by atoms with Crippen molar-refractivity contribution in [3.05, 3.63) is 35.6 Å². The number of anilines is 1. The van der Waals surface area contributed by atoms with Crippen LogP contribution < -0.4 is 15.5 Å². The molecule has 2 aromatic heterocycles. The highest BCUT2D eigenvalue weighted by atomic mass is 32.2. The Morgan fingerprint density at radius 1 is 1.43 bits per heavy atom. The first-order valence-electron chi connectivity index (χ1n) is 7.86. The van der Waals surface area contributed by atoms with Crippen LogP contribution in [-0.4, -0.2) is 47.3 Å². The molecule has 0 unspecified atom stereocenters. The zero-order valence-corrected chi connectivity index (χ0v) is 13.5. The fourth-order valence-electron chi connectivity index (χ4n) is 3.04. The average Bonchev–Trinajstić information content (AvgIpc) is 3.25. The van der Waals surface area contributed by atoms with E-state index in [4.69, 9.17) is 0 Å². The molecule has 1 atom stereocenters. The number of fused-ring (bicyclic) bond motifs is 1. The summed E-state index contributed by atoms with van der Waals surface area (Å²) in [6.07, 6.45) is 6.66. The molecular formula is C16H19N5OS. The molecule has 0 spiro atoms. The number of H-pyrrole nitrogens is 1. The summed E-state index contributed by atoms with van der Waals surface area (Å²) in [7, 11) is 0. The van der Waals surface area contributed by atoms with Crippen molar-refractivity contribution in [2.24, 2.45) is 0 Å². The third kappa shape index (κ3) is 2.94. The average molecular weight is 329 g/mol. The lowest BCUT2D eigenvalue weighted by Crippen LogP contribution is -2.38. The van der Waals surface area contributed by atoms with Gasteiger partial charge in [0.15, 0.2) is 0 Å². The fourth-order valence-corrected chi connectivity index (χ4v) is 3.94. The van der Waals surface area contributed by atoms with E-state index < -0.39 is 0 Å². The van der Waals surface area contributed by atoms with Gasteiger partial charge in [-0.15, -0.1) is 11.8 Å². The molecule has 7 heteroatoms. The Morgan fingerprint density at radius 3 is 3.26 bits per heavy atom. The quantitative estimate of drug-likeness (QED) is 0.795. The second kappa shape index (κ2) is 6.25. The van der Waals surface area contributed by atoms with E-state index in [1.54, 1.807) is 18.0 Å². The van der Waals surface area contributed by atoms with Gasteiger partial charge in [-0.25, -0.2) is 4.98 Å². The molecule has 120 valence electrons. The lowest BCUT2D eigenvalue weighted by Gasteiger charge is -2.27. The summed E-state index contributed by atoms with van der Waals surface area (Å²) in [5, 5.41) is 7.47. The number of aromatic amines is 1. The molecule has 2 aliphatic heterocycles. The van der Waals surface area contributed by atoms with Gasteiger partial charge >= 0.3 is 0 Å². The van der Waals surface area contributed by atoms with Crippen molar-refractivity contribution in [2.75, 3.05) is 30.3 Å². The largest absolute Gasteiger partial charge is 0.347 e. The van der Waals surface area contributed by atoms with Crippen molar-refractivity contribution in [1.82, 2.24) is 20.6 Å². The van der Waals surface area contributed by atoms with Gasteiger partial charge in [-0.2, -0.15) is 0 Å². The third-order valence-electron chi connectivity index (χ3n) is 4.23. The predicted octanol–water partition coefficient (Wildman–Crippen LogP) is 1.44. The molecule has 6 nitrogen and oxygen atoms in total. The van der Waals surface area contributed by atoms with Crippen LogP contribution >= 0.6 is 11.8 Å². The van der Waals surface area contributed by atoms with Crippen LogP contribution in [0.15, 0.2) is 35.6 Å². The molecule has 1 saturated heterocycles. The Hall–Kier alpha value is -1.99. The van der Waals surface area contributed by atoms with Crippen LogP contribution in [0.2, 0.25) is 0 Å². The molecule has 0 aliphatic carbocycles. The number of pyridine rings is 1. The standard InChI is InChI=1S/C16H19N5OS/c22-16(20-11-1-4-17-9-11)14-10-21(7-8-23-14)13-3-6-19-15-12(13)2-5-18-15/h2-3,5-6,10-11,17H,1,4,7-9H2,(H,18,19)(H,20,22)/t11-/m1/s1. The molecule has 0 saturated carbocycles. The lowest BCUT2D eigenvalue weighted by molar-refractivity contribution is -0.117. The molecule has 0 aromatic carbocycles. The lowest BCUT2D eigenvalue weighted by atomic mass is 10.2. The summed E-state index contributed by atoms with van der Waals surface area (Å²) in [5.41, 5.74) is 1.96. The van der Waals surface area contributed by atoms with E-state index in [0.717, 1.165) is 53.4 Å². The Bertz CT molecular complexity index is 750. The van der Waals surface area contributed by atoms with Crippen molar-refractivity contribution in [2.45, 2.75) is 12.5 Å². The van der Waals surface area contributed by atoms with Gasteiger partial charge in [0.05, 0.1) is 10.6 Å². The normalized spacial score (nSPS) is 21.5. The summed E-state index contributed by atoms with van der Waals surface area (Å²) >= 11 is 1.62. The first-order chi connectivity index (χ1) is 11.3. The van der Waals surface area contributed by atoms with Gasteiger partial charge in [-0.3, -0.25) is 4.79 Å². The smallest absolute Gasteiger partial charge is 0.259 e. The van der Waals surface area contributed by atoms with Crippen LogP contribution in [0.25, 0.3) is 11.0 Å². The van der Waals surface area contributed by atoms with Crippen molar-refractivity contribution in [3.63, 3.8) is 0 Å².